The molecule has 0 aliphatic carbocycles. The molecule has 1 atom stereocenters. The summed E-state index contributed by atoms with van der Waals surface area (Å²) >= 11 is 0. The second-order valence-electron chi connectivity index (χ2n) is 7.43. The molecule has 5 nitrogen and oxygen atoms in total. The summed E-state index contributed by atoms with van der Waals surface area (Å²) in [5, 5.41) is 5.86. The van der Waals surface area contributed by atoms with Crippen molar-refractivity contribution in [1.29, 1.82) is 0 Å². The molecule has 2 amide bonds. The summed E-state index contributed by atoms with van der Waals surface area (Å²) in [6.07, 6.45) is 1.93. The van der Waals surface area contributed by atoms with Crippen molar-refractivity contribution in [2.24, 2.45) is 0 Å². The van der Waals surface area contributed by atoms with Gasteiger partial charge in [0.1, 0.15) is 6.04 Å². The maximum atomic E-state index is 13.1. The van der Waals surface area contributed by atoms with E-state index in [1.54, 1.807) is 0 Å². The molecule has 0 bridgehead atoms. The molecule has 27 heavy (non-hydrogen) atoms. The van der Waals surface area contributed by atoms with Crippen molar-refractivity contribution < 1.29 is 9.59 Å². The first kappa shape index (κ1) is 17.7. The number of rotatable bonds is 3. The highest BCUT2D eigenvalue weighted by molar-refractivity contribution is 5.90. The fourth-order valence-corrected chi connectivity index (χ4v) is 4.39. The monoisotopic (exact) mass is 363 g/mol. The number of carbonyl (C=O) groups excluding carboxylic acids is 2. The number of carbonyl (C=O) groups is 2. The Morgan fingerprint density at radius 1 is 1.00 bits per heavy atom. The number of benzene rings is 2. The summed E-state index contributed by atoms with van der Waals surface area (Å²) in [6.45, 7) is 2.13. The van der Waals surface area contributed by atoms with Gasteiger partial charge < -0.3 is 15.5 Å². The van der Waals surface area contributed by atoms with Gasteiger partial charge >= 0.3 is 0 Å². The average molecular weight is 363 g/mol. The van der Waals surface area contributed by atoms with Gasteiger partial charge in [-0.15, -0.1) is 0 Å². The minimum Gasteiger partial charge on any atom is -0.342 e. The van der Waals surface area contributed by atoms with Crippen LogP contribution < -0.4 is 10.6 Å². The minimum atomic E-state index is -0.478. The van der Waals surface area contributed by atoms with E-state index in [0.717, 1.165) is 19.4 Å². The fraction of sp³-hybridized carbons (Fsp3) is 0.364. The summed E-state index contributed by atoms with van der Waals surface area (Å²) < 4.78 is 0. The molecule has 4 rings (SSSR count). The molecule has 0 spiro atoms. The van der Waals surface area contributed by atoms with E-state index >= 15 is 0 Å². The first-order chi connectivity index (χ1) is 13.2. The molecule has 0 unspecified atom stereocenters. The zero-order valence-corrected chi connectivity index (χ0v) is 15.4. The fourth-order valence-electron chi connectivity index (χ4n) is 4.39. The van der Waals surface area contributed by atoms with E-state index in [-0.39, 0.29) is 23.8 Å². The van der Waals surface area contributed by atoms with E-state index in [9.17, 15) is 9.59 Å². The van der Waals surface area contributed by atoms with Crippen LogP contribution in [0.2, 0.25) is 0 Å². The molecule has 2 saturated heterocycles. The Hall–Kier alpha value is -2.66. The number of nitrogens with one attached hydrogen (secondary N) is 2. The Bertz CT molecular complexity index is 767. The first-order valence-electron chi connectivity index (χ1n) is 9.59. The van der Waals surface area contributed by atoms with E-state index in [4.69, 9.17) is 0 Å². The number of hydrogen-bond donors (Lipinski definition) is 2. The summed E-state index contributed by atoms with van der Waals surface area (Å²) in [5.41, 5.74) is 2.25. The smallest absolute Gasteiger partial charge is 0.246 e. The number of nitrogens with zero attached hydrogens (tertiary/aromatic N) is 1. The molecule has 140 valence electrons. The normalized spacial score (nSPS) is 22.1. The molecule has 2 aliphatic rings. The van der Waals surface area contributed by atoms with Crippen LogP contribution in [-0.4, -0.2) is 48.9 Å². The van der Waals surface area contributed by atoms with Gasteiger partial charge in [0.05, 0.1) is 6.54 Å². The Morgan fingerprint density at radius 3 is 2.22 bits per heavy atom. The van der Waals surface area contributed by atoms with Crippen molar-refractivity contribution >= 4 is 11.8 Å². The third-order valence-corrected chi connectivity index (χ3v) is 5.72. The molecule has 0 aromatic heterocycles. The summed E-state index contributed by atoms with van der Waals surface area (Å²) in [5.74, 6) is -0.111. The van der Waals surface area contributed by atoms with Crippen molar-refractivity contribution in [2.75, 3.05) is 26.2 Å². The van der Waals surface area contributed by atoms with Crippen LogP contribution in [0.3, 0.4) is 0 Å². The van der Waals surface area contributed by atoms with Crippen LogP contribution in [0.5, 0.6) is 0 Å². The van der Waals surface area contributed by atoms with Gasteiger partial charge in [-0.1, -0.05) is 60.7 Å². The number of amides is 2. The van der Waals surface area contributed by atoms with Crippen LogP contribution in [0.15, 0.2) is 60.7 Å². The number of piperidine rings is 1. The third kappa shape index (κ3) is 3.47. The Labute approximate surface area is 159 Å². The lowest BCUT2D eigenvalue weighted by atomic mass is 9.69. The van der Waals surface area contributed by atoms with Gasteiger partial charge in [0, 0.05) is 25.0 Å². The largest absolute Gasteiger partial charge is 0.342 e. The first-order valence-corrected chi connectivity index (χ1v) is 9.59. The zero-order valence-electron chi connectivity index (χ0n) is 15.4. The maximum absolute atomic E-state index is 13.1. The van der Waals surface area contributed by atoms with Crippen LogP contribution in [-0.2, 0) is 15.0 Å². The third-order valence-electron chi connectivity index (χ3n) is 5.72. The lowest BCUT2D eigenvalue weighted by Crippen LogP contribution is -2.61. The Balaban J connectivity index is 1.66. The topological polar surface area (TPSA) is 61.4 Å². The van der Waals surface area contributed by atoms with Crippen molar-refractivity contribution in [2.45, 2.75) is 24.3 Å². The second-order valence-corrected chi connectivity index (χ2v) is 7.43. The van der Waals surface area contributed by atoms with Gasteiger partial charge in [-0.05, 0) is 24.0 Å². The van der Waals surface area contributed by atoms with Crippen LogP contribution in [0, 0.1) is 0 Å². The second kappa shape index (κ2) is 7.53. The van der Waals surface area contributed by atoms with Crippen molar-refractivity contribution in [3.05, 3.63) is 71.8 Å². The molecule has 2 aromatic carbocycles. The summed E-state index contributed by atoms with van der Waals surface area (Å²) in [6, 6.07) is 20.4. The van der Waals surface area contributed by atoms with E-state index in [0.29, 0.717) is 13.1 Å². The molecule has 5 heteroatoms. The SMILES string of the molecule is O=C1CNC[C@@H](C(=O)N2CCCC(c3ccccc3)(c3ccccc3)C2)N1. The van der Waals surface area contributed by atoms with Crippen molar-refractivity contribution in [3.63, 3.8) is 0 Å². The van der Waals surface area contributed by atoms with Gasteiger partial charge in [-0.3, -0.25) is 9.59 Å². The molecular weight excluding hydrogens is 338 g/mol. The van der Waals surface area contributed by atoms with Gasteiger partial charge in [-0.2, -0.15) is 0 Å². The molecule has 2 N–H and O–H groups in total. The number of hydrogen-bond acceptors (Lipinski definition) is 3. The molecule has 2 aliphatic heterocycles. The van der Waals surface area contributed by atoms with E-state index < -0.39 is 6.04 Å². The van der Waals surface area contributed by atoms with E-state index in [1.165, 1.54) is 11.1 Å². The number of piperazine rings is 1. The lowest BCUT2D eigenvalue weighted by molar-refractivity contribution is -0.139. The van der Waals surface area contributed by atoms with Gasteiger partial charge in [0.25, 0.3) is 0 Å². The predicted molar refractivity (Wildman–Crippen MR) is 104 cm³/mol. The zero-order chi connectivity index (χ0) is 18.7. The van der Waals surface area contributed by atoms with Crippen LogP contribution in [0.1, 0.15) is 24.0 Å². The van der Waals surface area contributed by atoms with E-state index in [1.807, 2.05) is 17.0 Å². The maximum Gasteiger partial charge on any atom is 0.246 e. The van der Waals surface area contributed by atoms with Crippen molar-refractivity contribution in [1.82, 2.24) is 15.5 Å². The van der Waals surface area contributed by atoms with Crippen molar-refractivity contribution in [3.8, 4) is 0 Å². The molecule has 2 heterocycles. The molecule has 2 fully saturated rings. The Morgan fingerprint density at radius 2 is 1.63 bits per heavy atom. The van der Waals surface area contributed by atoms with E-state index in [2.05, 4.69) is 59.2 Å². The minimum absolute atomic E-state index is 0.00601. The highest BCUT2D eigenvalue weighted by Gasteiger charge is 2.41. The molecule has 0 radical (unpaired) electrons. The van der Waals surface area contributed by atoms with Crippen LogP contribution in [0.4, 0.5) is 0 Å². The molecular formula is C22H25N3O2. The average Bonchev–Trinajstić information content (AvgIpc) is 2.74. The molecule has 2 aromatic rings. The summed E-state index contributed by atoms with van der Waals surface area (Å²) in [7, 11) is 0. The summed E-state index contributed by atoms with van der Waals surface area (Å²) in [4.78, 5) is 26.7. The Kier molecular flexibility index (Phi) is 4.94. The predicted octanol–water partition coefficient (Wildman–Crippen LogP) is 1.68. The quantitative estimate of drug-likeness (QED) is 0.872. The lowest BCUT2D eigenvalue weighted by Gasteiger charge is -2.45. The highest BCUT2D eigenvalue weighted by atomic mass is 16.2. The number of likely N-dealkylation sites (tertiary alicyclic amines) is 1. The van der Waals surface area contributed by atoms with Gasteiger partial charge in [-0.25, -0.2) is 0 Å². The highest BCUT2D eigenvalue weighted by Crippen LogP contribution is 2.40. The standard InChI is InChI=1S/C22H25N3O2/c26-20-15-23-14-19(24-20)21(27)25-13-7-12-22(16-25,17-8-3-1-4-9-17)18-10-5-2-6-11-18/h1-6,8-11,19,23H,7,12-16H2,(H,24,26)/t19-/m0/s1. The van der Waals surface area contributed by atoms with Crippen LogP contribution in [0.25, 0.3) is 0 Å². The molecule has 0 saturated carbocycles. The van der Waals surface area contributed by atoms with Gasteiger partial charge in [0.2, 0.25) is 11.8 Å². The van der Waals surface area contributed by atoms with Gasteiger partial charge in [0.15, 0.2) is 0 Å². The van der Waals surface area contributed by atoms with Crippen LogP contribution >= 0.6 is 0 Å².